The van der Waals surface area contributed by atoms with E-state index in [4.69, 9.17) is 4.74 Å². The Morgan fingerprint density at radius 3 is 3.00 bits per heavy atom. The molecule has 19 heavy (non-hydrogen) atoms. The first-order valence-corrected chi connectivity index (χ1v) is 6.75. The first-order valence-electron chi connectivity index (χ1n) is 6.75. The van der Waals surface area contributed by atoms with Crippen molar-refractivity contribution in [3.63, 3.8) is 0 Å². The number of carbonyl (C=O) groups excluding carboxylic acids is 1. The van der Waals surface area contributed by atoms with Crippen LogP contribution < -0.4 is 0 Å². The maximum absolute atomic E-state index is 11.5. The number of methoxy groups -OCH3 is 1. The fourth-order valence-electron chi connectivity index (χ4n) is 2.62. The molecule has 3 rings (SSSR count). The Bertz CT molecular complexity index is 614. The molecular formula is C15H18N2O2. The molecule has 0 spiro atoms. The maximum Gasteiger partial charge on any atom is 0.337 e. The van der Waals surface area contributed by atoms with Gasteiger partial charge in [-0.15, -0.1) is 0 Å². The van der Waals surface area contributed by atoms with Crippen LogP contribution in [0.1, 0.15) is 48.2 Å². The molecule has 1 unspecified atom stereocenters. The van der Waals surface area contributed by atoms with Crippen LogP contribution in [-0.4, -0.2) is 23.3 Å². The summed E-state index contributed by atoms with van der Waals surface area (Å²) in [7, 11) is 1.39. The van der Waals surface area contributed by atoms with Gasteiger partial charge in [0.1, 0.15) is 0 Å². The summed E-state index contributed by atoms with van der Waals surface area (Å²) in [6.07, 6.45) is 3.95. The molecule has 4 heteroatoms. The lowest BCUT2D eigenvalue weighted by Gasteiger charge is -2.08. The maximum atomic E-state index is 11.5. The van der Waals surface area contributed by atoms with Crippen molar-refractivity contribution in [3.8, 4) is 0 Å². The SMILES string of the molecule is COC(=O)c1ccc2c(C(C)CC3CC3)[nH]nc2c1. The minimum atomic E-state index is -0.322. The minimum Gasteiger partial charge on any atom is -0.465 e. The summed E-state index contributed by atoms with van der Waals surface area (Å²) in [6.45, 7) is 2.24. The number of aromatic amines is 1. The number of carbonyl (C=O) groups is 1. The highest BCUT2D eigenvalue weighted by molar-refractivity contribution is 5.94. The predicted octanol–water partition coefficient (Wildman–Crippen LogP) is 3.25. The second-order valence-electron chi connectivity index (χ2n) is 5.44. The molecule has 1 saturated carbocycles. The van der Waals surface area contributed by atoms with Crippen LogP contribution in [0.4, 0.5) is 0 Å². The molecule has 1 fully saturated rings. The third kappa shape index (κ3) is 2.35. The van der Waals surface area contributed by atoms with E-state index in [1.54, 1.807) is 12.1 Å². The average molecular weight is 258 g/mol. The van der Waals surface area contributed by atoms with E-state index in [9.17, 15) is 4.79 Å². The van der Waals surface area contributed by atoms with E-state index >= 15 is 0 Å². The fraction of sp³-hybridized carbons (Fsp3) is 0.467. The Morgan fingerprint density at radius 1 is 1.53 bits per heavy atom. The van der Waals surface area contributed by atoms with Gasteiger partial charge in [-0.05, 0) is 30.4 Å². The Balaban J connectivity index is 1.92. The van der Waals surface area contributed by atoms with Gasteiger partial charge in [0.05, 0.1) is 18.2 Å². The number of fused-ring (bicyclic) bond motifs is 1. The van der Waals surface area contributed by atoms with Crippen LogP contribution in [0.5, 0.6) is 0 Å². The molecule has 1 aromatic carbocycles. The molecule has 1 aromatic heterocycles. The number of ether oxygens (including phenoxy) is 1. The standard InChI is InChI=1S/C15H18N2O2/c1-9(7-10-3-4-10)14-12-6-5-11(15(18)19-2)8-13(12)16-17-14/h5-6,8-10H,3-4,7H2,1-2H3,(H,16,17). The Morgan fingerprint density at radius 2 is 2.32 bits per heavy atom. The van der Waals surface area contributed by atoms with Gasteiger partial charge in [-0.2, -0.15) is 5.10 Å². The van der Waals surface area contributed by atoms with E-state index in [0.29, 0.717) is 11.5 Å². The van der Waals surface area contributed by atoms with Crippen LogP contribution in [0.15, 0.2) is 18.2 Å². The number of nitrogens with zero attached hydrogens (tertiary/aromatic N) is 1. The second-order valence-corrected chi connectivity index (χ2v) is 5.44. The van der Waals surface area contributed by atoms with Crippen LogP contribution in [-0.2, 0) is 4.74 Å². The molecule has 0 saturated heterocycles. The fourth-order valence-corrected chi connectivity index (χ4v) is 2.62. The van der Waals surface area contributed by atoms with Gasteiger partial charge in [-0.3, -0.25) is 5.10 Å². The Hall–Kier alpha value is -1.84. The Kier molecular flexibility index (Phi) is 3.01. The zero-order valence-electron chi connectivity index (χ0n) is 11.3. The summed E-state index contributed by atoms with van der Waals surface area (Å²) in [6, 6.07) is 5.55. The van der Waals surface area contributed by atoms with Crippen molar-refractivity contribution in [1.82, 2.24) is 10.2 Å². The van der Waals surface area contributed by atoms with Crippen molar-refractivity contribution in [2.45, 2.75) is 32.1 Å². The number of esters is 1. The highest BCUT2D eigenvalue weighted by Gasteiger charge is 2.25. The van der Waals surface area contributed by atoms with E-state index in [2.05, 4.69) is 17.1 Å². The molecule has 1 aliphatic rings. The number of benzene rings is 1. The number of hydrogen-bond acceptors (Lipinski definition) is 3. The van der Waals surface area contributed by atoms with Crippen molar-refractivity contribution in [3.05, 3.63) is 29.5 Å². The van der Waals surface area contributed by atoms with Crippen LogP contribution in [0.3, 0.4) is 0 Å². The predicted molar refractivity (Wildman–Crippen MR) is 73.2 cm³/mol. The molecule has 0 amide bonds. The lowest BCUT2D eigenvalue weighted by molar-refractivity contribution is 0.0601. The first kappa shape index (κ1) is 12.2. The van der Waals surface area contributed by atoms with E-state index in [1.807, 2.05) is 6.07 Å². The third-order valence-corrected chi connectivity index (χ3v) is 3.88. The normalized spacial score (nSPS) is 16.5. The van der Waals surface area contributed by atoms with Crippen molar-refractivity contribution < 1.29 is 9.53 Å². The first-order chi connectivity index (χ1) is 9.19. The summed E-state index contributed by atoms with van der Waals surface area (Å²) >= 11 is 0. The van der Waals surface area contributed by atoms with Crippen molar-refractivity contribution in [2.24, 2.45) is 5.92 Å². The molecule has 4 nitrogen and oxygen atoms in total. The zero-order chi connectivity index (χ0) is 13.4. The van der Waals surface area contributed by atoms with E-state index in [1.165, 1.54) is 32.1 Å². The summed E-state index contributed by atoms with van der Waals surface area (Å²) < 4.78 is 4.72. The molecule has 100 valence electrons. The number of hydrogen-bond donors (Lipinski definition) is 1. The van der Waals surface area contributed by atoms with E-state index in [0.717, 1.165) is 16.8 Å². The summed E-state index contributed by atoms with van der Waals surface area (Å²) in [5.41, 5.74) is 2.56. The second kappa shape index (κ2) is 4.68. The molecule has 1 heterocycles. The van der Waals surface area contributed by atoms with Gasteiger partial charge in [0.25, 0.3) is 0 Å². The topological polar surface area (TPSA) is 55.0 Å². The van der Waals surface area contributed by atoms with Gasteiger partial charge in [0.2, 0.25) is 0 Å². The molecule has 1 aliphatic carbocycles. The summed E-state index contributed by atoms with van der Waals surface area (Å²) in [5, 5.41) is 8.55. The summed E-state index contributed by atoms with van der Waals surface area (Å²) in [5.74, 6) is 1.06. The average Bonchev–Trinajstić information content (AvgIpc) is 3.13. The van der Waals surface area contributed by atoms with Crippen molar-refractivity contribution >= 4 is 16.9 Å². The molecule has 0 bridgehead atoms. The van der Waals surface area contributed by atoms with Crippen molar-refractivity contribution in [2.75, 3.05) is 7.11 Å². The highest BCUT2D eigenvalue weighted by atomic mass is 16.5. The lowest BCUT2D eigenvalue weighted by Crippen LogP contribution is -2.00. The van der Waals surface area contributed by atoms with Crippen LogP contribution >= 0.6 is 0 Å². The van der Waals surface area contributed by atoms with E-state index < -0.39 is 0 Å². The molecular weight excluding hydrogens is 240 g/mol. The third-order valence-electron chi connectivity index (χ3n) is 3.88. The van der Waals surface area contributed by atoms with Crippen LogP contribution in [0.2, 0.25) is 0 Å². The smallest absolute Gasteiger partial charge is 0.337 e. The van der Waals surface area contributed by atoms with Crippen LogP contribution in [0, 0.1) is 5.92 Å². The molecule has 2 aromatic rings. The number of nitrogens with one attached hydrogen (secondary N) is 1. The Labute approximate surface area is 112 Å². The largest absolute Gasteiger partial charge is 0.465 e. The molecule has 0 radical (unpaired) electrons. The van der Waals surface area contributed by atoms with Crippen LogP contribution in [0.25, 0.3) is 10.9 Å². The monoisotopic (exact) mass is 258 g/mol. The molecule has 0 aliphatic heterocycles. The van der Waals surface area contributed by atoms with Gasteiger partial charge >= 0.3 is 5.97 Å². The van der Waals surface area contributed by atoms with Gasteiger partial charge in [0, 0.05) is 11.1 Å². The van der Waals surface area contributed by atoms with Gasteiger partial charge in [-0.25, -0.2) is 4.79 Å². The van der Waals surface area contributed by atoms with E-state index in [-0.39, 0.29) is 5.97 Å². The van der Waals surface area contributed by atoms with Gasteiger partial charge in [-0.1, -0.05) is 25.8 Å². The lowest BCUT2D eigenvalue weighted by atomic mass is 9.97. The zero-order valence-corrected chi connectivity index (χ0v) is 11.3. The molecule has 1 N–H and O–H groups in total. The summed E-state index contributed by atoms with van der Waals surface area (Å²) in [4.78, 5) is 11.5. The van der Waals surface area contributed by atoms with Crippen molar-refractivity contribution in [1.29, 1.82) is 0 Å². The van der Waals surface area contributed by atoms with Gasteiger partial charge < -0.3 is 4.74 Å². The number of H-pyrrole nitrogens is 1. The molecule has 1 atom stereocenters. The quantitative estimate of drug-likeness (QED) is 0.856. The van der Waals surface area contributed by atoms with Gasteiger partial charge in [0.15, 0.2) is 0 Å². The number of rotatable bonds is 4. The highest BCUT2D eigenvalue weighted by Crippen LogP contribution is 2.39. The minimum absolute atomic E-state index is 0.322. The number of aromatic nitrogens is 2.